The minimum atomic E-state index is -0.0432. The Bertz CT molecular complexity index is 454. The van der Waals surface area contributed by atoms with Gasteiger partial charge in [-0.05, 0) is 24.5 Å². The molecule has 0 aromatic carbocycles. The number of nitrogens with one attached hydrogen (secondary N) is 1. The lowest BCUT2D eigenvalue weighted by Crippen LogP contribution is -2.34. The van der Waals surface area contributed by atoms with Crippen LogP contribution in [0.15, 0.2) is 12.1 Å². The van der Waals surface area contributed by atoms with Crippen LogP contribution < -0.4 is 5.32 Å². The molecule has 1 aromatic rings. The Kier molecular flexibility index (Phi) is 5.18. The largest absolute Gasteiger partial charge is 0.370 e. The van der Waals surface area contributed by atoms with E-state index in [1.807, 2.05) is 6.92 Å². The number of nitrogens with zero attached hydrogens (tertiary/aromatic N) is 2. The molecule has 0 aliphatic heterocycles. The van der Waals surface area contributed by atoms with Crippen molar-refractivity contribution in [3.05, 3.63) is 22.8 Å². The maximum Gasteiger partial charge on any atom is 0.253 e. The Labute approximate surface area is 120 Å². The average Bonchev–Trinajstić information content (AvgIpc) is 2.25. The molecule has 1 N–H and O–H groups in total. The molecule has 1 aromatic heterocycles. The van der Waals surface area contributed by atoms with Crippen molar-refractivity contribution < 1.29 is 4.79 Å². The summed E-state index contributed by atoms with van der Waals surface area (Å²) in [7, 11) is 1.80. The van der Waals surface area contributed by atoms with Gasteiger partial charge in [-0.3, -0.25) is 4.79 Å². The molecule has 19 heavy (non-hydrogen) atoms. The Morgan fingerprint density at radius 3 is 2.58 bits per heavy atom. The van der Waals surface area contributed by atoms with Crippen LogP contribution in [-0.2, 0) is 0 Å². The van der Waals surface area contributed by atoms with Crippen LogP contribution in [0, 0.1) is 5.41 Å². The lowest BCUT2D eigenvalue weighted by molar-refractivity contribution is 0.0745. The highest BCUT2D eigenvalue weighted by molar-refractivity contribution is 6.29. The van der Waals surface area contributed by atoms with E-state index >= 15 is 0 Å². The summed E-state index contributed by atoms with van der Waals surface area (Å²) in [6, 6.07) is 3.33. The first kappa shape index (κ1) is 15.8. The highest BCUT2D eigenvalue weighted by Gasteiger charge is 2.19. The second-order valence-corrected chi connectivity index (χ2v) is 6.20. The van der Waals surface area contributed by atoms with E-state index in [1.165, 1.54) is 0 Å². The molecule has 0 spiro atoms. The first-order chi connectivity index (χ1) is 8.73. The molecule has 0 bridgehead atoms. The van der Waals surface area contributed by atoms with Crippen LogP contribution in [0.5, 0.6) is 0 Å². The first-order valence-electron chi connectivity index (χ1n) is 6.40. The number of anilines is 1. The molecular formula is C14H22ClN3O. The number of carbonyl (C=O) groups is 1. The van der Waals surface area contributed by atoms with E-state index in [9.17, 15) is 4.79 Å². The van der Waals surface area contributed by atoms with E-state index in [0.29, 0.717) is 23.1 Å². The number of rotatable bonds is 4. The molecule has 1 heterocycles. The summed E-state index contributed by atoms with van der Waals surface area (Å²) in [5, 5.41) is 3.39. The van der Waals surface area contributed by atoms with Gasteiger partial charge in [-0.2, -0.15) is 0 Å². The molecule has 5 heteroatoms. The van der Waals surface area contributed by atoms with Crippen LogP contribution in [0.4, 0.5) is 5.82 Å². The van der Waals surface area contributed by atoms with Gasteiger partial charge < -0.3 is 10.2 Å². The van der Waals surface area contributed by atoms with Crippen molar-refractivity contribution >= 4 is 23.3 Å². The highest BCUT2D eigenvalue weighted by Crippen LogP contribution is 2.19. The van der Waals surface area contributed by atoms with E-state index in [-0.39, 0.29) is 11.3 Å². The maximum absolute atomic E-state index is 12.3. The van der Waals surface area contributed by atoms with Gasteiger partial charge >= 0.3 is 0 Å². The Hall–Kier alpha value is -1.29. The normalized spacial score (nSPS) is 11.3. The maximum atomic E-state index is 12.3. The van der Waals surface area contributed by atoms with Crippen molar-refractivity contribution in [1.82, 2.24) is 9.88 Å². The number of pyridine rings is 1. The fourth-order valence-corrected chi connectivity index (χ4v) is 2.10. The summed E-state index contributed by atoms with van der Waals surface area (Å²) in [5.74, 6) is 0.584. The molecule has 4 nitrogen and oxygen atoms in total. The number of halogens is 1. The van der Waals surface area contributed by atoms with Gasteiger partial charge in [0, 0.05) is 25.7 Å². The first-order valence-corrected chi connectivity index (χ1v) is 6.77. The topological polar surface area (TPSA) is 45.2 Å². The van der Waals surface area contributed by atoms with Crippen LogP contribution in [0.3, 0.4) is 0 Å². The average molecular weight is 284 g/mol. The van der Waals surface area contributed by atoms with Crippen LogP contribution in [-0.4, -0.2) is 35.9 Å². The molecule has 0 saturated heterocycles. The van der Waals surface area contributed by atoms with Gasteiger partial charge in [-0.1, -0.05) is 32.4 Å². The fraction of sp³-hybridized carbons (Fsp3) is 0.571. The van der Waals surface area contributed by atoms with Gasteiger partial charge in [-0.15, -0.1) is 0 Å². The SMILES string of the molecule is CCNc1cc(C(=O)N(C)CC(C)(C)C)cc(Cl)n1. The quantitative estimate of drug-likeness (QED) is 0.863. The van der Waals surface area contributed by atoms with Crippen LogP contribution >= 0.6 is 11.6 Å². The van der Waals surface area contributed by atoms with Crippen LogP contribution in [0.2, 0.25) is 5.15 Å². The van der Waals surface area contributed by atoms with Gasteiger partial charge in [0.1, 0.15) is 11.0 Å². The molecule has 0 unspecified atom stereocenters. The molecule has 0 saturated carbocycles. The minimum Gasteiger partial charge on any atom is -0.370 e. The van der Waals surface area contributed by atoms with E-state index in [1.54, 1.807) is 24.1 Å². The van der Waals surface area contributed by atoms with Crippen LogP contribution in [0.1, 0.15) is 38.1 Å². The van der Waals surface area contributed by atoms with Gasteiger partial charge in [0.05, 0.1) is 0 Å². The minimum absolute atomic E-state index is 0.0432. The second kappa shape index (κ2) is 6.24. The Morgan fingerprint density at radius 1 is 1.42 bits per heavy atom. The lowest BCUT2D eigenvalue weighted by Gasteiger charge is -2.26. The predicted octanol–water partition coefficient (Wildman–Crippen LogP) is 3.28. The zero-order valence-electron chi connectivity index (χ0n) is 12.2. The third-order valence-electron chi connectivity index (χ3n) is 2.46. The zero-order chi connectivity index (χ0) is 14.6. The summed E-state index contributed by atoms with van der Waals surface area (Å²) >= 11 is 5.95. The van der Waals surface area contributed by atoms with Gasteiger partial charge in [-0.25, -0.2) is 4.98 Å². The van der Waals surface area contributed by atoms with E-state index in [4.69, 9.17) is 11.6 Å². The molecule has 1 amide bonds. The molecule has 0 aliphatic carbocycles. The molecule has 106 valence electrons. The summed E-state index contributed by atoms with van der Waals surface area (Å²) < 4.78 is 0. The van der Waals surface area contributed by atoms with Crippen molar-refractivity contribution in [3.63, 3.8) is 0 Å². The molecule has 0 radical (unpaired) electrons. The summed E-state index contributed by atoms with van der Waals surface area (Å²) in [6.45, 7) is 9.68. The molecule has 0 aliphatic rings. The monoisotopic (exact) mass is 283 g/mol. The smallest absolute Gasteiger partial charge is 0.253 e. The Balaban J connectivity index is 2.92. The number of amides is 1. The summed E-state index contributed by atoms with van der Waals surface area (Å²) in [4.78, 5) is 18.2. The van der Waals surface area contributed by atoms with Crippen molar-refractivity contribution in [3.8, 4) is 0 Å². The molecule has 0 atom stereocenters. The number of carbonyl (C=O) groups excluding carboxylic acids is 1. The Morgan fingerprint density at radius 2 is 2.05 bits per heavy atom. The highest BCUT2D eigenvalue weighted by atomic mass is 35.5. The standard InChI is InChI=1S/C14H22ClN3O/c1-6-16-12-8-10(7-11(15)17-12)13(19)18(5)9-14(2,3)4/h7-8H,6,9H2,1-5H3,(H,16,17). The van der Waals surface area contributed by atoms with Gasteiger partial charge in [0.25, 0.3) is 5.91 Å². The third-order valence-corrected chi connectivity index (χ3v) is 2.65. The van der Waals surface area contributed by atoms with Crippen molar-refractivity contribution in [2.45, 2.75) is 27.7 Å². The van der Waals surface area contributed by atoms with Crippen molar-refractivity contribution in [2.75, 3.05) is 25.5 Å². The van der Waals surface area contributed by atoms with Crippen molar-refractivity contribution in [2.24, 2.45) is 5.41 Å². The predicted molar refractivity (Wildman–Crippen MR) is 79.8 cm³/mol. The number of aromatic nitrogens is 1. The molecular weight excluding hydrogens is 262 g/mol. The van der Waals surface area contributed by atoms with Gasteiger partial charge in [0.15, 0.2) is 0 Å². The van der Waals surface area contributed by atoms with Gasteiger partial charge in [0.2, 0.25) is 0 Å². The van der Waals surface area contributed by atoms with E-state index in [2.05, 4.69) is 31.1 Å². The molecule has 1 rings (SSSR count). The fourth-order valence-electron chi connectivity index (χ4n) is 1.90. The van der Waals surface area contributed by atoms with E-state index < -0.39 is 0 Å². The third kappa shape index (κ3) is 5.07. The van der Waals surface area contributed by atoms with Crippen LogP contribution in [0.25, 0.3) is 0 Å². The van der Waals surface area contributed by atoms with E-state index in [0.717, 1.165) is 6.54 Å². The summed E-state index contributed by atoms with van der Waals surface area (Å²) in [6.07, 6.45) is 0. The van der Waals surface area contributed by atoms with Crippen molar-refractivity contribution in [1.29, 1.82) is 0 Å². The lowest BCUT2D eigenvalue weighted by atomic mass is 9.96. The summed E-state index contributed by atoms with van der Waals surface area (Å²) in [5.41, 5.74) is 0.619. The zero-order valence-corrected chi connectivity index (χ0v) is 13.0. The number of hydrogen-bond acceptors (Lipinski definition) is 3. The second-order valence-electron chi connectivity index (χ2n) is 5.82. The number of hydrogen-bond donors (Lipinski definition) is 1. The molecule has 0 fully saturated rings.